The standard InChI is InChI=1S/C13H16O3/c1-13(15-9-10-16-13)8-7-11-3-5-12(14-2)6-4-11/h3-8H,9-10H2,1-2H3/b8-7+. The average molecular weight is 220 g/mol. The van der Waals surface area contributed by atoms with Crippen LogP contribution in [-0.2, 0) is 9.47 Å². The van der Waals surface area contributed by atoms with Gasteiger partial charge in [0, 0.05) is 0 Å². The van der Waals surface area contributed by atoms with E-state index < -0.39 is 5.79 Å². The van der Waals surface area contributed by atoms with Crippen LogP contribution < -0.4 is 4.74 Å². The van der Waals surface area contributed by atoms with Crippen molar-refractivity contribution in [1.29, 1.82) is 0 Å². The van der Waals surface area contributed by atoms with E-state index in [0.717, 1.165) is 11.3 Å². The van der Waals surface area contributed by atoms with Crippen molar-refractivity contribution < 1.29 is 14.2 Å². The second kappa shape index (κ2) is 4.68. The molecule has 0 unspecified atom stereocenters. The van der Waals surface area contributed by atoms with Crippen LogP contribution in [0.3, 0.4) is 0 Å². The summed E-state index contributed by atoms with van der Waals surface area (Å²) in [7, 11) is 1.66. The number of hydrogen-bond donors (Lipinski definition) is 0. The fraction of sp³-hybridized carbons (Fsp3) is 0.385. The minimum atomic E-state index is -0.570. The largest absolute Gasteiger partial charge is 0.497 e. The van der Waals surface area contributed by atoms with Crippen LogP contribution in [0.5, 0.6) is 5.75 Å². The molecule has 86 valence electrons. The third-order valence-electron chi connectivity index (χ3n) is 2.55. The van der Waals surface area contributed by atoms with Gasteiger partial charge in [0.15, 0.2) is 5.79 Å². The zero-order valence-corrected chi connectivity index (χ0v) is 9.60. The van der Waals surface area contributed by atoms with Crippen molar-refractivity contribution in [1.82, 2.24) is 0 Å². The topological polar surface area (TPSA) is 27.7 Å². The van der Waals surface area contributed by atoms with Crippen molar-refractivity contribution in [3.05, 3.63) is 35.9 Å². The number of benzene rings is 1. The Hall–Kier alpha value is -1.32. The van der Waals surface area contributed by atoms with Gasteiger partial charge in [0.05, 0.1) is 20.3 Å². The van der Waals surface area contributed by atoms with Gasteiger partial charge in [-0.25, -0.2) is 0 Å². The van der Waals surface area contributed by atoms with E-state index in [1.54, 1.807) is 7.11 Å². The molecule has 1 aliphatic heterocycles. The Kier molecular flexibility index (Phi) is 3.27. The Balaban J connectivity index is 2.05. The molecule has 0 spiro atoms. The molecule has 0 saturated carbocycles. The van der Waals surface area contributed by atoms with E-state index >= 15 is 0 Å². The first-order chi connectivity index (χ1) is 7.72. The monoisotopic (exact) mass is 220 g/mol. The van der Waals surface area contributed by atoms with E-state index in [9.17, 15) is 0 Å². The second-order valence-corrected chi connectivity index (χ2v) is 3.82. The van der Waals surface area contributed by atoms with Crippen LogP contribution in [0.4, 0.5) is 0 Å². The van der Waals surface area contributed by atoms with Gasteiger partial charge in [0.2, 0.25) is 0 Å². The zero-order valence-electron chi connectivity index (χ0n) is 9.60. The van der Waals surface area contributed by atoms with E-state index in [1.807, 2.05) is 43.3 Å². The SMILES string of the molecule is COc1ccc(/C=C/C2(C)OCCO2)cc1. The van der Waals surface area contributed by atoms with E-state index in [4.69, 9.17) is 14.2 Å². The summed E-state index contributed by atoms with van der Waals surface area (Å²) in [4.78, 5) is 0. The molecule has 2 rings (SSSR count). The van der Waals surface area contributed by atoms with Crippen molar-refractivity contribution in [2.75, 3.05) is 20.3 Å². The molecule has 1 aromatic rings. The summed E-state index contributed by atoms with van der Waals surface area (Å²) in [5.74, 6) is 0.289. The molecule has 1 aliphatic rings. The average Bonchev–Trinajstić information content (AvgIpc) is 2.75. The maximum Gasteiger partial charge on any atom is 0.185 e. The highest BCUT2D eigenvalue weighted by molar-refractivity contribution is 5.51. The van der Waals surface area contributed by atoms with Crippen LogP contribution in [0.2, 0.25) is 0 Å². The van der Waals surface area contributed by atoms with Crippen LogP contribution in [-0.4, -0.2) is 26.1 Å². The fourth-order valence-corrected chi connectivity index (χ4v) is 1.59. The molecule has 0 bridgehead atoms. The molecule has 0 amide bonds. The molecule has 3 heteroatoms. The molecule has 1 saturated heterocycles. The first-order valence-corrected chi connectivity index (χ1v) is 5.33. The van der Waals surface area contributed by atoms with Crippen LogP contribution in [0, 0.1) is 0 Å². The summed E-state index contributed by atoms with van der Waals surface area (Å²) >= 11 is 0. The van der Waals surface area contributed by atoms with E-state index in [-0.39, 0.29) is 0 Å². The second-order valence-electron chi connectivity index (χ2n) is 3.82. The predicted octanol–water partition coefficient (Wildman–Crippen LogP) is 2.47. The van der Waals surface area contributed by atoms with E-state index in [0.29, 0.717) is 13.2 Å². The summed E-state index contributed by atoms with van der Waals surface area (Å²) in [6.45, 7) is 3.23. The molecule has 1 aromatic carbocycles. The summed E-state index contributed by atoms with van der Waals surface area (Å²) in [6.07, 6.45) is 3.92. The number of rotatable bonds is 3. The van der Waals surface area contributed by atoms with Crippen molar-refractivity contribution in [2.24, 2.45) is 0 Å². The number of ether oxygens (including phenoxy) is 3. The maximum atomic E-state index is 5.47. The Bertz CT molecular complexity index is 361. The minimum Gasteiger partial charge on any atom is -0.497 e. The number of methoxy groups -OCH3 is 1. The maximum absolute atomic E-state index is 5.47. The van der Waals surface area contributed by atoms with Crippen molar-refractivity contribution in [2.45, 2.75) is 12.7 Å². The van der Waals surface area contributed by atoms with Crippen LogP contribution in [0.1, 0.15) is 12.5 Å². The van der Waals surface area contributed by atoms with Gasteiger partial charge in [-0.2, -0.15) is 0 Å². The lowest BCUT2D eigenvalue weighted by Crippen LogP contribution is -2.21. The molecular weight excluding hydrogens is 204 g/mol. The Morgan fingerprint density at radius 3 is 2.38 bits per heavy atom. The quantitative estimate of drug-likeness (QED) is 0.783. The van der Waals surface area contributed by atoms with E-state index in [1.165, 1.54) is 0 Å². The molecular formula is C13H16O3. The minimum absolute atomic E-state index is 0.570. The van der Waals surface area contributed by atoms with Gasteiger partial charge < -0.3 is 14.2 Å². The zero-order chi connectivity index (χ0) is 11.4. The molecule has 3 nitrogen and oxygen atoms in total. The lowest BCUT2D eigenvalue weighted by Gasteiger charge is -2.16. The lowest BCUT2D eigenvalue weighted by molar-refractivity contribution is -0.0990. The molecule has 0 radical (unpaired) electrons. The summed E-state index contributed by atoms with van der Waals surface area (Å²) in [5.41, 5.74) is 1.10. The summed E-state index contributed by atoms with van der Waals surface area (Å²) < 4.78 is 16.0. The van der Waals surface area contributed by atoms with Gasteiger partial charge in [0.25, 0.3) is 0 Å². The van der Waals surface area contributed by atoms with Gasteiger partial charge in [-0.15, -0.1) is 0 Å². The molecule has 0 aromatic heterocycles. The first-order valence-electron chi connectivity index (χ1n) is 5.33. The summed E-state index contributed by atoms with van der Waals surface area (Å²) in [6, 6.07) is 7.85. The van der Waals surface area contributed by atoms with Gasteiger partial charge in [-0.1, -0.05) is 18.2 Å². The van der Waals surface area contributed by atoms with Crippen molar-refractivity contribution in [3.8, 4) is 5.75 Å². The van der Waals surface area contributed by atoms with Gasteiger partial charge in [-0.05, 0) is 30.7 Å². The highest BCUT2D eigenvalue weighted by Gasteiger charge is 2.27. The lowest BCUT2D eigenvalue weighted by atomic mass is 10.1. The van der Waals surface area contributed by atoms with Gasteiger partial charge >= 0.3 is 0 Å². The molecule has 0 N–H and O–H groups in total. The Morgan fingerprint density at radius 2 is 1.81 bits per heavy atom. The normalized spacial score (nSPS) is 19.1. The van der Waals surface area contributed by atoms with Gasteiger partial charge in [-0.3, -0.25) is 0 Å². The molecule has 0 atom stereocenters. The van der Waals surface area contributed by atoms with Crippen LogP contribution in [0.15, 0.2) is 30.3 Å². The summed E-state index contributed by atoms with van der Waals surface area (Å²) in [5, 5.41) is 0. The third-order valence-corrected chi connectivity index (χ3v) is 2.55. The first kappa shape index (κ1) is 11.2. The molecule has 16 heavy (non-hydrogen) atoms. The fourth-order valence-electron chi connectivity index (χ4n) is 1.59. The predicted molar refractivity (Wildman–Crippen MR) is 62.3 cm³/mol. The van der Waals surface area contributed by atoms with Crippen LogP contribution in [0.25, 0.3) is 6.08 Å². The Morgan fingerprint density at radius 1 is 1.19 bits per heavy atom. The third kappa shape index (κ3) is 2.62. The molecule has 1 heterocycles. The van der Waals surface area contributed by atoms with Crippen molar-refractivity contribution in [3.63, 3.8) is 0 Å². The molecule has 1 fully saturated rings. The Labute approximate surface area is 95.6 Å². The smallest absolute Gasteiger partial charge is 0.185 e. The highest BCUT2D eigenvalue weighted by atomic mass is 16.7. The van der Waals surface area contributed by atoms with Crippen LogP contribution >= 0.6 is 0 Å². The van der Waals surface area contributed by atoms with Crippen molar-refractivity contribution >= 4 is 6.08 Å². The van der Waals surface area contributed by atoms with E-state index in [2.05, 4.69) is 0 Å². The van der Waals surface area contributed by atoms with Gasteiger partial charge in [0.1, 0.15) is 5.75 Å². The molecule has 0 aliphatic carbocycles. The highest BCUT2D eigenvalue weighted by Crippen LogP contribution is 2.21. The number of hydrogen-bond acceptors (Lipinski definition) is 3.